The Morgan fingerprint density at radius 1 is 1.28 bits per heavy atom. The average molecular weight is 422 g/mol. The summed E-state index contributed by atoms with van der Waals surface area (Å²) in [6.07, 6.45) is 4.28. The van der Waals surface area contributed by atoms with Crippen LogP contribution < -0.4 is 10.2 Å². The number of anilines is 1. The zero-order chi connectivity index (χ0) is 21.6. The molecule has 1 aliphatic heterocycles. The van der Waals surface area contributed by atoms with Gasteiger partial charge in [-0.15, -0.1) is 0 Å². The Labute approximate surface area is 173 Å². The summed E-state index contributed by atoms with van der Waals surface area (Å²) in [4.78, 5) is 26.5. The highest BCUT2D eigenvalue weighted by atomic mass is 32.2. The molecule has 1 heterocycles. The van der Waals surface area contributed by atoms with Gasteiger partial charge < -0.3 is 10.2 Å². The number of sulfonamides is 1. The van der Waals surface area contributed by atoms with Crippen molar-refractivity contribution in [3.05, 3.63) is 23.8 Å². The molecule has 3 rings (SSSR count). The molecule has 0 saturated heterocycles. The molecule has 0 radical (unpaired) electrons. The van der Waals surface area contributed by atoms with Crippen molar-refractivity contribution in [3.8, 4) is 0 Å². The van der Waals surface area contributed by atoms with Gasteiger partial charge in [-0.25, -0.2) is 8.42 Å². The third kappa shape index (κ3) is 3.92. The molecular formula is C21H31N3O4S. The van der Waals surface area contributed by atoms with Crippen LogP contribution in [0.1, 0.15) is 52.0 Å². The number of amides is 2. The minimum Gasteiger partial charge on any atom is -0.352 e. The van der Waals surface area contributed by atoms with Crippen LogP contribution in [0.4, 0.5) is 5.69 Å². The van der Waals surface area contributed by atoms with E-state index in [2.05, 4.69) is 12.2 Å². The molecule has 1 aromatic rings. The zero-order valence-electron chi connectivity index (χ0n) is 17.9. The van der Waals surface area contributed by atoms with Gasteiger partial charge in [0.25, 0.3) is 0 Å². The van der Waals surface area contributed by atoms with E-state index in [0.717, 1.165) is 23.6 Å². The molecule has 8 heteroatoms. The van der Waals surface area contributed by atoms with E-state index in [4.69, 9.17) is 0 Å². The lowest BCUT2D eigenvalue weighted by Gasteiger charge is -2.30. The fourth-order valence-electron chi connectivity index (χ4n) is 4.36. The zero-order valence-corrected chi connectivity index (χ0v) is 18.7. The van der Waals surface area contributed by atoms with Gasteiger partial charge >= 0.3 is 0 Å². The van der Waals surface area contributed by atoms with Crippen molar-refractivity contribution >= 4 is 27.5 Å². The molecule has 1 fully saturated rings. The van der Waals surface area contributed by atoms with Crippen LogP contribution in [0.25, 0.3) is 0 Å². The van der Waals surface area contributed by atoms with Gasteiger partial charge in [-0.3, -0.25) is 9.59 Å². The van der Waals surface area contributed by atoms with Crippen molar-refractivity contribution in [2.75, 3.05) is 25.5 Å². The molecule has 1 N–H and O–H groups in total. The van der Waals surface area contributed by atoms with Crippen LogP contribution in [0.2, 0.25) is 0 Å². The molecule has 160 valence electrons. The Morgan fingerprint density at radius 2 is 1.93 bits per heavy atom. The molecule has 2 aliphatic rings. The summed E-state index contributed by atoms with van der Waals surface area (Å²) in [6.45, 7) is 5.47. The van der Waals surface area contributed by atoms with Crippen LogP contribution in [0, 0.1) is 5.92 Å². The number of nitrogens with one attached hydrogen (secondary N) is 1. The predicted octanol–water partition coefficient (Wildman–Crippen LogP) is 2.26. The fraction of sp³-hybridized carbons (Fsp3) is 0.619. The van der Waals surface area contributed by atoms with Gasteiger partial charge in [0.05, 0.1) is 16.9 Å². The monoisotopic (exact) mass is 421 g/mol. The lowest BCUT2D eigenvalue weighted by atomic mass is 9.86. The topological polar surface area (TPSA) is 86.8 Å². The minimum absolute atomic E-state index is 0.0728. The summed E-state index contributed by atoms with van der Waals surface area (Å²) < 4.78 is 27.2. The Morgan fingerprint density at radius 3 is 2.59 bits per heavy atom. The molecular weight excluding hydrogens is 390 g/mol. The quantitative estimate of drug-likeness (QED) is 0.790. The second-order valence-electron chi connectivity index (χ2n) is 8.86. The summed E-state index contributed by atoms with van der Waals surface area (Å²) in [6, 6.07) is 4.82. The van der Waals surface area contributed by atoms with Gasteiger partial charge in [0.15, 0.2) is 0 Å². The van der Waals surface area contributed by atoms with Crippen LogP contribution in [-0.4, -0.2) is 51.2 Å². The molecule has 1 aromatic carbocycles. The molecule has 7 nitrogen and oxygen atoms in total. The summed E-state index contributed by atoms with van der Waals surface area (Å²) in [5, 5.41) is 2.99. The van der Waals surface area contributed by atoms with Crippen LogP contribution >= 0.6 is 0 Å². The second kappa shape index (κ2) is 7.72. The van der Waals surface area contributed by atoms with E-state index in [1.807, 2.05) is 0 Å². The first-order valence-electron chi connectivity index (χ1n) is 10.1. The number of carbonyl (C=O) groups is 2. The van der Waals surface area contributed by atoms with E-state index in [9.17, 15) is 18.0 Å². The maximum absolute atomic E-state index is 13.0. The highest BCUT2D eigenvalue weighted by molar-refractivity contribution is 7.89. The number of benzene rings is 1. The van der Waals surface area contributed by atoms with Crippen molar-refractivity contribution < 1.29 is 18.0 Å². The summed E-state index contributed by atoms with van der Waals surface area (Å²) in [5.74, 6) is 0.0469. The molecule has 0 bridgehead atoms. The number of rotatable bonds is 5. The number of nitrogens with zero attached hydrogens (tertiary/aromatic N) is 2. The normalized spacial score (nSPS) is 23.9. The van der Waals surface area contributed by atoms with Crippen LogP contribution in [0.5, 0.6) is 0 Å². The Hall–Kier alpha value is -1.93. The Balaban J connectivity index is 1.76. The third-order valence-corrected chi connectivity index (χ3v) is 8.17. The number of likely N-dealkylation sites (N-methyl/N-ethyl adjacent to an activating group) is 2. The highest BCUT2D eigenvalue weighted by Crippen LogP contribution is 2.41. The van der Waals surface area contributed by atoms with Crippen molar-refractivity contribution in [2.45, 2.75) is 62.8 Å². The van der Waals surface area contributed by atoms with Crippen LogP contribution in [0.15, 0.2) is 23.1 Å². The number of fused-ring (bicyclic) bond motifs is 1. The molecule has 1 saturated carbocycles. The molecule has 29 heavy (non-hydrogen) atoms. The van der Waals surface area contributed by atoms with Gasteiger partial charge in [-0.2, -0.15) is 4.31 Å². The van der Waals surface area contributed by atoms with E-state index in [1.165, 1.54) is 19.5 Å². The van der Waals surface area contributed by atoms with Crippen LogP contribution in [-0.2, 0) is 25.0 Å². The molecule has 0 aromatic heterocycles. The smallest absolute Gasteiger partial charge is 0.243 e. The first-order valence-corrected chi connectivity index (χ1v) is 11.6. The van der Waals surface area contributed by atoms with Gasteiger partial charge in [0, 0.05) is 25.8 Å². The minimum atomic E-state index is -3.85. The molecule has 1 aliphatic carbocycles. The number of hydrogen-bond donors (Lipinski definition) is 1. The lowest BCUT2D eigenvalue weighted by Crippen LogP contribution is -2.46. The Kier molecular flexibility index (Phi) is 5.80. The maximum atomic E-state index is 13.0. The number of hydrogen-bond acceptors (Lipinski definition) is 4. The van der Waals surface area contributed by atoms with E-state index in [1.54, 1.807) is 37.9 Å². The SMILES string of the molecule is C[C@@H]1CCCC[C@@H]1NC(=O)CN(C)S(=O)(=O)c1ccc2c(c1)C(C)(C)C(=O)N2C. The standard InChI is InChI=1S/C21H31N3O4S/c1-14-8-6-7-9-17(14)22-19(25)13-23(4)29(27,28)15-10-11-18-16(12-15)21(2,3)20(26)24(18)5/h10-12,14,17H,6-9,13H2,1-5H3,(H,22,25)/t14-,17+/m1/s1. The lowest BCUT2D eigenvalue weighted by molar-refractivity contribution is -0.122. The van der Waals surface area contributed by atoms with E-state index < -0.39 is 15.4 Å². The fourth-order valence-corrected chi connectivity index (χ4v) is 5.52. The van der Waals surface area contributed by atoms with E-state index >= 15 is 0 Å². The van der Waals surface area contributed by atoms with Gasteiger partial charge in [-0.05, 0) is 56.4 Å². The van der Waals surface area contributed by atoms with Gasteiger partial charge in [0.1, 0.15) is 0 Å². The van der Waals surface area contributed by atoms with Gasteiger partial charge in [-0.1, -0.05) is 19.8 Å². The summed E-state index contributed by atoms with van der Waals surface area (Å²) >= 11 is 0. The first-order chi connectivity index (χ1) is 13.5. The first kappa shape index (κ1) is 21.8. The maximum Gasteiger partial charge on any atom is 0.243 e. The van der Waals surface area contributed by atoms with E-state index in [0.29, 0.717) is 17.2 Å². The molecule has 0 unspecified atom stereocenters. The number of carbonyl (C=O) groups excluding carboxylic acids is 2. The van der Waals surface area contributed by atoms with Crippen molar-refractivity contribution in [3.63, 3.8) is 0 Å². The summed E-state index contributed by atoms with van der Waals surface area (Å²) in [5.41, 5.74) is 0.605. The average Bonchev–Trinajstić information content (AvgIpc) is 2.83. The summed E-state index contributed by atoms with van der Waals surface area (Å²) in [7, 11) is -0.754. The predicted molar refractivity (Wildman–Crippen MR) is 112 cm³/mol. The molecule has 2 atom stereocenters. The second-order valence-corrected chi connectivity index (χ2v) is 10.9. The van der Waals surface area contributed by atoms with E-state index in [-0.39, 0.29) is 29.3 Å². The largest absolute Gasteiger partial charge is 0.352 e. The highest BCUT2D eigenvalue weighted by Gasteiger charge is 2.43. The van der Waals surface area contributed by atoms with Crippen molar-refractivity contribution in [1.29, 1.82) is 0 Å². The van der Waals surface area contributed by atoms with Crippen molar-refractivity contribution in [2.24, 2.45) is 5.92 Å². The van der Waals surface area contributed by atoms with Gasteiger partial charge in [0.2, 0.25) is 21.8 Å². The third-order valence-electron chi connectivity index (χ3n) is 6.37. The Bertz CT molecular complexity index is 926. The molecule has 2 amide bonds. The van der Waals surface area contributed by atoms with Crippen LogP contribution in [0.3, 0.4) is 0 Å². The molecule has 0 spiro atoms. The van der Waals surface area contributed by atoms with Crippen molar-refractivity contribution in [1.82, 2.24) is 9.62 Å².